The molecule has 1 fully saturated rings. The molecular formula is C23H35N5O5S. The summed E-state index contributed by atoms with van der Waals surface area (Å²) in [6.07, 6.45) is 2.99. The number of carbonyl (C=O) groups excluding carboxylic acids is 3. The average molecular weight is 494 g/mol. The van der Waals surface area contributed by atoms with Gasteiger partial charge >= 0.3 is 5.97 Å². The molecule has 4 unspecified atom stereocenters. The third-order valence-corrected chi connectivity index (χ3v) is 6.20. The maximum Gasteiger partial charge on any atom is 0.326 e. The van der Waals surface area contributed by atoms with E-state index in [9.17, 15) is 24.3 Å². The van der Waals surface area contributed by atoms with Gasteiger partial charge in [0.25, 0.3) is 0 Å². The van der Waals surface area contributed by atoms with Gasteiger partial charge in [-0.3, -0.25) is 14.4 Å². The van der Waals surface area contributed by atoms with Gasteiger partial charge < -0.3 is 32.1 Å². The Kier molecular flexibility index (Phi) is 11.3. The van der Waals surface area contributed by atoms with Crippen LogP contribution in [0.4, 0.5) is 0 Å². The maximum atomic E-state index is 13.3. The van der Waals surface area contributed by atoms with Crippen LogP contribution in [-0.4, -0.2) is 76.7 Å². The third kappa shape index (κ3) is 8.00. The number of likely N-dealkylation sites (tertiary alicyclic amines) is 1. The molecule has 1 aromatic rings. The van der Waals surface area contributed by atoms with Crippen LogP contribution in [0.2, 0.25) is 0 Å². The van der Waals surface area contributed by atoms with E-state index in [4.69, 9.17) is 11.5 Å². The molecule has 0 saturated carbocycles. The molecule has 1 heterocycles. The number of thiol groups is 1. The van der Waals surface area contributed by atoms with Crippen molar-refractivity contribution in [2.24, 2.45) is 11.5 Å². The fraction of sp³-hybridized carbons (Fsp3) is 0.565. The normalized spacial score (nSPS) is 18.1. The van der Waals surface area contributed by atoms with Crippen molar-refractivity contribution in [3.63, 3.8) is 0 Å². The largest absolute Gasteiger partial charge is 0.480 e. The molecule has 1 aromatic carbocycles. The monoisotopic (exact) mass is 493 g/mol. The molecule has 1 aliphatic heterocycles. The number of nitrogens with zero attached hydrogens (tertiary/aromatic N) is 1. The summed E-state index contributed by atoms with van der Waals surface area (Å²) in [5.74, 6) is -2.61. The molecule has 188 valence electrons. The van der Waals surface area contributed by atoms with Crippen molar-refractivity contribution in [3.05, 3.63) is 35.9 Å². The first-order valence-corrected chi connectivity index (χ1v) is 12.2. The predicted molar refractivity (Wildman–Crippen MR) is 131 cm³/mol. The highest BCUT2D eigenvalue weighted by molar-refractivity contribution is 7.80. The van der Waals surface area contributed by atoms with E-state index >= 15 is 0 Å². The molecular weight excluding hydrogens is 458 g/mol. The van der Waals surface area contributed by atoms with Gasteiger partial charge in [-0.1, -0.05) is 36.8 Å². The fourth-order valence-corrected chi connectivity index (χ4v) is 4.18. The number of nitrogens with two attached hydrogens (primary N) is 2. The summed E-state index contributed by atoms with van der Waals surface area (Å²) >= 11 is 4.18. The van der Waals surface area contributed by atoms with Crippen LogP contribution in [0.15, 0.2) is 30.3 Å². The molecule has 0 spiro atoms. The summed E-state index contributed by atoms with van der Waals surface area (Å²) in [6.45, 7) is 0.813. The molecule has 7 N–H and O–H groups in total. The van der Waals surface area contributed by atoms with E-state index in [1.54, 1.807) is 0 Å². The van der Waals surface area contributed by atoms with Crippen molar-refractivity contribution in [2.45, 2.75) is 62.7 Å². The van der Waals surface area contributed by atoms with Crippen molar-refractivity contribution >= 4 is 36.3 Å². The van der Waals surface area contributed by atoms with Crippen LogP contribution in [0.5, 0.6) is 0 Å². The Morgan fingerprint density at radius 3 is 2.38 bits per heavy atom. The summed E-state index contributed by atoms with van der Waals surface area (Å²) in [5, 5.41) is 14.8. The summed E-state index contributed by atoms with van der Waals surface area (Å²) in [4.78, 5) is 51.6. The number of carbonyl (C=O) groups is 4. The van der Waals surface area contributed by atoms with Gasteiger partial charge in [0.1, 0.15) is 18.1 Å². The minimum Gasteiger partial charge on any atom is -0.480 e. The summed E-state index contributed by atoms with van der Waals surface area (Å²) in [6, 6.07) is 5.41. The fourth-order valence-electron chi connectivity index (χ4n) is 3.92. The van der Waals surface area contributed by atoms with Gasteiger partial charge in [-0.25, -0.2) is 4.79 Å². The number of hydrogen-bond acceptors (Lipinski definition) is 7. The average Bonchev–Trinajstić information content (AvgIpc) is 3.32. The van der Waals surface area contributed by atoms with Gasteiger partial charge in [-0.2, -0.15) is 12.6 Å². The zero-order valence-corrected chi connectivity index (χ0v) is 20.1. The van der Waals surface area contributed by atoms with E-state index in [0.717, 1.165) is 12.0 Å². The highest BCUT2D eigenvalue weighted by Gasteiger charge is 2.38. The van der Waals surface area contributed by atoms with Crippen molar-refractivity contribution in [1.29, 1.82) is 0 Å². The lowest BCUT2D eigenvalue weighted by Gasteiger charge is -2.29. The second-order valence-electron chi connectivity index (χ2n) is 8.41. The van der Waals surface area contributed by atoms with Crippen LogP contribution >= 0.6 is 12.6 Å². The van der Waals surface area contributed by atoms with Crippen LogP contribution in [-0.2, 0) is 25.6 Å². The molecule has 1 saturated heterocycles. The lowest BCUT2D eigenvalue weighted by molar-refractivity contribution is -0.149. The molecule has 0 aliphatic carbocycles. The van der Waals surface area contributed by atoms with Crippen molar-refractivity contribution < 1.29 is 24.3 Å². The quantitative estimate of drug-likeness (QED) is 0.161. The predicted octanol–water partition coefficient (Wildman–Crippen LogP) is -0.340. The van der Waals surface area contributed by atoms with Crippen molar-refractivity contribution in [3.8, 4) is 0 Å². The van der Waals surface area contributed by atoms with Gasteiger partial charge in [-0.05, 0) is 37.8 Å². The molecule has 1 aliphatic rings. The lowest BCUT2D eigenvalue weighted by Crippen LogP contribution is -2.58. The van der Waals surface area contributed by atoms with Gasteiger partial charge in [0.15, 0.2) is 0 Å². The molecule has 0 aromatic heterocycles. The van der Waals surface area contributed by atoms with Crippen LogP contribution in [0.25, 0.3) is 0 Å². The van der Waals surface area contributed by atoms with E-state index in [2.05, 4.69) is 23.3 Å². The second-order valence-corrected chi connectivity index (χ2v) is 8.78. The van der Waals surface area contributed by atoms with E-state index in [1.165, 1.54) is 4.90 Å². The van der Waals surface area contributed by atoms with Crippen LogP contribution < -0.4 is 22.1 Å². The number of unbranched alkanes of at least 4 members (excludes halogenated alkanes) is 1. The zero-order chi connectivity index (χ0) is 25.1. The molecule has 10 nitrogen and oxygen atoms in total. The van der Waals surface area contributed by atoms with Gasteiger partial charge in [0.05, 0.1) is 6.04 Å². The van der Waals surface area contributed by atoms with Gasteiger partial charge in [0, 0.05) is 18.7 Å². The molecule has 34 heavy (non-hydrogen) atoms. The summed E-state index contributed by atoms with van der Waals surface area (Å²) < 4.78 is 0. The van der Waals surface area contributed by atoms with Crippen LogP contribution in [0.1, 0.15) is 37.7 Å². The highest BCUT2D eigenvalue weighted by atomic mass is 32.1. The standard InChI is InChI=1S/C23H35N5O5S/c24-11-5-4-9-16(25)20(29)27-18(14-34)21(30)26-17(13-15-7-2-1-3-8-15)22(31)28-12-6-10-19(28)23(32)33/h1-3,7-8,16-19,34H,4-6,9-14,24-25H2,(H,26,30)(H,27,29)(H,32,33). The number of carboxylic acids is 1. The Bertz CT molecular complexity index is 840. The Balaban J connectivity index is 2.12. The SMILES string of the molecule is NCCCCC(N)C(=O)NC(CS)C(=O)NC(Cc1ccccc1)C(=O)N1CCCC1C(=O)O. The van der Waals surface area contributed by atoms with Crippen LogP contribution in [0, 0.1) is 0 Å². The minimum absolute atomic E-state index is 0.000800. The number of hydrogen-bond donors (Lipinski definition) is 6. The van der Waals surface area contributed by atoms with E-state index in [-0.39, 0.29) is 12.2 Å². The Morgan fingerprint density at radius 2 is 1.76 bits per heavy atom. The first-order valence-electron chi connectivity index (χ1n) is 11.5. The number of aliphatic carboxylic acids is 1. The molecule has 0 radical (unpaired) electrons. The first kappa shape index (κ1) is 27.6. The number of amides is 3. The molecule has 2 rings (SSSR count). The van der Waals surface area contributed by atoms with Gasteiger partial charge in [-0.15, -0.1) is 0 Å². The molecule has 11 heteroatoms. The topological polar surface area (TPSA) is 168 Å². The number of carboxylic acid groups (broad SMARTS) is 1. The van der Waals surface area contributed by atoms with Crippen molar-refractivity contribution in [1.82, 2.24) is 15.5 Å². The van der Waals surface area contributed by atoms with Crippen LogP contribution in [0.3, 0.4) is 0 Å². The summed E-state index contributed by atoms with van der Waals surface area (Å²) in [7, 11) is 0. The minimum atomic E-state index is -1.07. The lowest BCUT2D eigenvalue weighted by atomic mass is 10.0. The van der Waals surface area contributed by atoms with E-state index in [1.807, 2.05) is 30.3 Å². The van der Waals surface area contributed by atoms with Gasteiger partial charge in [0.2, 0.25) is 17.7 Å². The van der Waals surface area contributed by atoms with E-state index in [0.29, 0.717) is 38.8 Å². The number of benzene rings is 1. The summed E-state index contributed by atoms with van der Waals surface area (Å²) in [5.41, 5.74) is 12.2. The second kappa shape index (κ2) is 13.9. The van der Waals surface area contributed by atoms with E-state index < -0.39 is 47.9 Å². The highest BCUT2D eigenvalue weighted by Crippen LogP contribution is 2.19. The Morgan fingerprint density at radius 1 is 1.09 bits per heavy atom. The third-order valence-electron chi connectivity index (χ3n) is 5.84. The van der Waals surface area contributed by atoms with Crippen molar-refractivity contribution in [2.75, 3.05) is 18.8 Å². The maximum absolute atomic E-state index is 13.3. The molecule has 3 amide bonds. The first-order chi connectivity index (χ1) is 16.3. The molecule has 4 atom stereocenters. The Labute approximate surface area is 205 Å². The Hall–Kier alpha value is -2.63. The molecule has 0 bridgehead atoms. The zero-order valence-electron chi connectivity index (χ0n) is 19.2. The smallest absolute Gasteiger partial charge is 0.326 e. The number of nitrogens with one attached hydrogen (secondary N) is 2. The number of rotatable bonds is 13.